The first kappa shape index (κ1) is 10.6. The lowest BCUT2D eigenvalue weighted by Crippen LogP contribution is -2.03. The zero-order valence-corrected chi connectivity index (χ0v) is 10.4. The second-order valence-electron chi connectivity index (χ2n) is 3.31. The molecule has 0 saturated carbocycles. The van der Waals surface area contributed by atoms with Crippen LogP contribution in [0.3, 0.4) is 0 Å². The summed E-state index contributed by atoms with van der Waals surface area (Å²) >= 11 is 2.25. The molecule has 0 spiro atoms. The van der Waals surface area contributed by atoms with Crippen LogP contribution in [0, 0.1) is 3.57 Å². The molecule has 0 radical (unpaired) electrons. The first-order valence-corrected chi connectivity index (χ1v) is 5.87. The Bertz CT molecular complexity index is 451. The third-order valence-corrected chi connectivity index (χ3v) is 2.72. The summed E-state index contributed by atoms with van der Waals surface area (Å²) in [6, 6.07) is 8.29. The number of nitrogens with two attached hydrogens (primary N) is 1. The molecule has 0 amide bonds. The molecule has 0 aliphatic heterocycles. The van der Waals surface area contributed by atoms with Crippen LogP contribution in [0.4, 0.5) is 0 Å². The molecular formula is C11H12IN3. The molecule has 4 heteroatoms. The van der Waals surface area contributed by atoms with Gasteiger partial charge in [0.1, 0.15) is 0 Å². The maximum absolute atomic E-state index is 5.53. The van der Waals surface area contributed by atoms with Crippen molar-refractivity contribution in [2.24, 2.45) is 5.73 Å². The fourth-order valence-electron chi connectivity index (χ4n) is 1.46. The molecule has 0 unspecified atom stereocenters. The minimum atomic E-state index is 0.681. The van der Waals surface area contributed by atoms with E-state index in [9.17, 15) is 0 Å². The molecule has 0 saturated heterocycles. The van der Waals surface area contributed by atoms with Gasteiger partial charge in [0.15, 0.2) is 0 Å². The molecule has 1 aromatic heterocycles. The maximum Gasteiger partial charge on any atom is 0.0648 e. The number of hydrogen-bond acceptors (Lipinski definition) is 2. The third-order valence-electron chi connectivity index (χ3n) is 2.16. The van der Waals surface area contributed by atoms with Gasteiger partial charge in [0.05, 0.1) is 15.5 Å². The van der Waals surface area contributed by atoms with E-state index < -0.39 is 0 Å². The third kappa shape index (κ3) is 2.57. The Morgan fingerprint density at radius 1 is 1.40 bits per heavy atom. The second kappa shape index (κ2) is 4.76. The Labute approximate surface area is 102 Å². The van der Waals surface area contributed by atoms with Crippen molar-refractivity contribution in [1.82, 2.24) is 9.78 Å². The van der Waals surface area contributed by atoms with E-state index in [4.69, 9.17) is 5.73 Å². The average molecular weight is 313 g/mol. The van der Waals surface area contributed by atoms with Gasteiger partial charge >= 0.3 is 0 Å². The Morgan fingerprint density at radius 3 is 2.93 bits per heavy atom. The van der Waals surface area contributed by atoms with E-state index in [0.29, 0.717) is 6.54 Å². The van der Waals surface area contributed by atoms with Crippen molar-refractivity contribution in [3.63, 3.8) is 0 Å². The van der Waals surface area contributed by atoms with Crippen LogP contribution < -0.4 is 5.73 Å². The van der Waals surface area contributed by atoms with Gasteiger partial charge in [0.2, 0.25) is 0 Å². The second-order valence-corrected chi connectivity index (χ2v) is 4.56. The highest BCUT2D eigenvalue weighted by Crippen LogP contribution is 2.12. The molecular weight excluding hydrogens is 301 g/mol. The average Bonchev–Trinajstić information content (AvgIpc) is 2.66. The number of benzene rings is 1. The lowest BCUT2D eigenvalue weighted by Gasteiger charge is -2.03. The van der Waals surface area contributed by atoms with E-state index in [1.54, 1.807) is 0 Å². The molecule has 2 N–H and O–H groups in total. The number of hydrogen-bond donors (Lipinski definition) is 1. The fraction of sp³-hybridized carbons (Fsp3) is 0.182. The van der Waals surface area contributed by atoms with Crippen LogP contribution in [-0.2, 0) is 6.42 Å². The minimum absolute atomic E-state index is 0.681. The summed E-state index contributed by atoms with van der Waals surface area (Å²) in [5.74, 6) is 0. The monoisotopic (exact) mass is 313 g/mol. The summed E-state index contributed by atoms with van der Waals surface area (Å²) in [4.78, 5) is 0. The van der Waals surface area contributed by atoms with Crippen molar-refractivity contribution in [3.8, 4) is 5.69 Å². The minimum Gasteiger partial charge on any atom is -0.330 e. The van der Waals surface area contributed by atoms with E-state index in [-0.39, 0.29) is 0 Å². The topological polar surface area (TPSA) is 43.8 Å². The Morgan fingerprint density at radius 2 is 2.27 bits per heavy atom. The molecule has 0 bridgehead atoms. The van der Waals surface area contributed by atoms with Crippen LogP contribution in [0.15, 0.2) is 36.7 Å². The molecule has 0 atom stereocenters. The van der Waals surface area contributed by atoms with Gasteiger partial charge in [-0.1, -0.05) is 12.1 Å². The number of aromatic nitrogens is 2. The Hall–Kier alpha value is -0.880. The Balaban J connectivity index is 2.32. The maximum atomic E-state index is 5.53. The standard InChI is InChI=1S/C11H12IN3/c12-10-7-14-15(8-10)11-3-1-2-9(6-11)4-5-13/h1-3,6-8H,4-5,13H2. The molecule has 15 heavy (non-hydrogen) atoms. The van der Waals surface area contributed by atoms with E-state index in [1.165, 1.54) is 5.56 Å². The number of nitrogens with zero attached hydrogens (tertiary/aromatic N) is 2. The molecule has 0 aliphatic rings. The number of rotatable bonds is 3. The van der Waals surface area contributed by atoms with Gasteiger partial charge in [-0.3, -0.25) is 0 Å². The zero-order valence-electron chi connectivity index (χ0n) is 8.23. The summed E-state index contributed by atoms with van der Waals surface area (Å²) in [7, 11) is 0. The smallest absolute Gasteiger partial charge is 0.0648 e. The molecule has 1 aromatic carbocycles. The van der Waals surface area contributed by atoms with Crippen molar-refractivity contribution in [3.05, 3.63) is 45.8 Å². The Kier molecular flexibility index (Phi) is 3.37. The molecule has 78 valence electrons. The van der Waals surface area contributed by atoms with E-state index in [0.717, 1.165) is 15.7 Å². The van der Waals surface area contributed by atoms with Crippen LogP contribution in [0.25, 0.3) is 5.69 Å². The fourth-order valence-corrected chi connectivity index (χ4v) is 1.85. The molecule has 2 aromatic rings. The zero-order chi connectivity index (χ0) is 10.7. The summed E-state index contributed by atoms with van der Waals surface area (Å²) in [6.07, 6.45) is 4.75. The van der Waals surface area contributed by atoms with E-state index >= 15 is 0 Å². The van der Waals surface area contributed by atoms with Crippen LogP contribution in [0.1, 0.15) is 5.56 Å². The summed E-state index contributed by atoms with van der Waals surface area (Å²) < 4.78 is 3.01. The first-order valence-electron chi connectivity index (χ1n) is 4.79. The molecule has 2 rings (SSSR count). The van der Waals surface area contributed by atoms with Crippen molar-refractivity contribution in [2.75, 3.05) is 6.54 Å². The van der Waals surface area contributed by atoms with Crippen molar-refractivity contribution < 1.29 is 0 Å². The summed E-state index contributed by atoms with van der Waals surface area (Å²) in [6.45, 7) is 0.681. The van der Waals surface area contributed by atoms with Crippen molar-refractivity contribution in [1.29, 1.82) is 0 Å². The lowest BCUT2D eigenvalue weighted by atomic mass is 10.1. The first-order chi connectivity index (χ1) is 7.29. The van der Waals surface area contributed by atoms with E-state index in [1.807, 2.05) is 29.2 Å². The molecule has 1 heterocycles. The lowest BCUT2D eigenvalue weighted by molar-refractivity contribution is 0.873. The van der Waals surface area contributed by atoms with Gasteiger partial charge in [-0.25, -0.2) is 4.68 Å². The van der Waals surface area contributed by atoms with Crippen LogP contribution in [-0.4, -0.2) is 16.3 Å². The molecule has 0 fully saturated rings. The molecule has 3 nitrogen and oxygen atoms in total. The van der Waals surface area contributed by atoms with Gasteiger partial charge in [-0.2, -0.15) is 5.10 Å². The van der Waals surface area contributed by atoms with Gasteiger partial charge in [-0.05, 0) is 53.3 Å². The largest absolute Gasteiger partial charge is 0.330 e. The highest BCUT2D eigenvalue weighted by molar-refractivity contribution is 14.1. The van der Waals surface area contributed by atoms with Crippen molar-refractivity contribution >= 4 is 22.6 Å². The van der Waals surface area contributed by atoms with Crippen LogP contribution in [0.2, 0.25) is 0 Å². The van der Waals surface area contributed by atoms with Crippen LogP contribution in [0.5, 0.6) is 0 Å². The van der Waals surface area contributed by atoms with Gasteiger partial charge in [-0.15, -0.1) is 0 Å². The normalized spacial score (nSPS) is 10.5. The van der Waals surface area contributed by atoms with E-state index in [2.05, 4.69) is 39.8 Å². The SMILES string of the molecule is NCCc1cccc(-n2cc(I)cn2)c1. The highest BCUT2D eigenvalue weighted by atomic mass is 127. The van der Waals surface area contributed by atoms with Gasteiger partial charge < -0.3 is 5.73 Å². The van der Waals surface area contributed by atoms with Gasteiger partial charge in [0, 0.05) is 6.20 Å². The summed E-state index contributed by atoms with van der Waals surface area (Å²) in [5, 5.41) is 4.27. The van der Waals surface area contributed by atoms with Crippen molar-refractivity contribution in [2.45, 2.75) is 6.42 Å². The molecule has 0 aliphatic carbocycles. The highest BCUT2D eigenvalue weighted by Gasteiger charge is 1.99. The predicted octanol–water partition coefficient (Wildman–Crippen LogP) is 1.98. The quantitative estimate of drug-likeness (QED) is 0.881. The van der Waals surface area contributed by atoms with Crippen LogP contribution >= 0.6 is 22.6 Å². The number of halogens is 1. The summed E-state index contributed by atoms with van der Waals surface area (Å²) in [5.41, 5.74) is 7.87. The van der Waals surface area contributed by atoms with Gasteiger partial charge in [0.25, 0.3) is 0 Å². The predicted molar refractivity (Wildman–Crippen MR) is 69.0 cm³/mol.